The largest absolute Gasteiger partial charge is 0.396 e. The van der Waals surface area contributed by atoms with Crippen LogP contribution < -0.4 is 16.3 Å². The third-order valence-electron chi connectivity index (χ3n) is 7.65. The average Bonchev–Trinajstić information content (AvgIpc) is 2.99. The van der Waals surface area contributed by atoms with Gasteiger partial charge in [-0.1, -0.05) is 20.4 Å². The highest BCUT2D eigenvalue weighted by Gasteiger charge is 2.32. The van der Waals surface area contributed by atoms with Gasteiger partial charge in [0.05, 0.1) is 28.0 Å². The molecule has 4 aromatic rings. The lowest BCUT2D eigenvalue weighted by Crippen LogP contribution is -2.54. The number of nitrogen functional groups attached to an aromatic ring is 1. The van der Waals surface area contributed by atoms with Gasteiger partial charge in [-0.25, -0.2) is 36.3 Å². The van der Waals surface area contributed by atoms with Crippen molar-refractivity contribution in [1.82, 2.24) is 24.4 Å². The fourth-order valence-corrected chi connectivity index (χ4v) is 5.47. The first-order valence-electron chi connectivity index (χ1n) is 13.7. The number of nitrogens with two attached hydrogens (primary N) is 1. The number of carbonyl (C=O) groups excluding carboxylic acids is 1. The van der Waals surface area contributed by atoms with Gasteiger partial charge in [-0.3, -0.25) is 9.78 Å². The summed E-state index contributed by atoms with van der Waals surface area (Å²) in [5, 5.41) is 0.00110. The Morgan fingerprint density at radius 3 is 2.41 bits per heavy atom. The van der Waals surface area contributed by atoms with Crippen LogP contribution in [0.4, 0.5) is 33.5 Å². The van der Waals surface area contributed by atoms with Crippen LogP contribution in [0.3, 0.4) is 0 Å². The quantitative estimate of drug-likeness (QED) is 0.114. The number of nitrogens with zero attached hydrogens (tertiary/aromatic N) is 6. The minimum Gasteiger partial charge on any atom is -0.396 e. The molecule has 1 aromatic carbocycles. The number of carbonyl (C=O) groups is 1. The van der Waals surface area contributed by atoms with Gasteiger partial charge in [-0.05, 0) is 43.5 Å². The van der Waals surface area contributed by atoms with Crippen molar-refractivity contribution in [3.05, 3.63) is 81.8 Å². The van der Waals surface area contributed by atoms with E-state index in [1.807, 2.05) is 13.8 Å². The summed E-state index contributed by atoms with van der Waals surface area (Å²) in [5.41, 5.74) is 2.55. The van der Waals surface area contributed by atoms with E-state index in [-0.39, 0.29) is 54.0 Å². The Bertz CT molecular complexity index is 1880. The lowest BCUT2D eigenvalue weighted by atomic mass is 10.0. The molecule has 1 aliphatic heterocycles. The Morgan fingerprint density at radius 2 is 1.77 bits per heavy atom. The van der Waals surface area contributed by atoms with Gasteiger partial charge >= 0.3 is 5.69 Å². The van der Waals surface area contributed by atoms with E-state index in [2.05, 4.69) is 21.5 Å². The molecule has 4 heterocycles. The van der Waals surface area contributed by atoms with Gasteiger partial charge in [0.2, 0.25) is 5.91 Å². The molecule has 0 spiro atoms. The van der Waals surface area contributed by atoms with Crippen LogP contribution in [0.15, 0.2) is 35.8 Å². The Balaban J connectivity index is 1.87. The van der Waals surface area contributed by atoms with Crippen LogP contribution >= 0.6 is 0 Å². The van der Waals surface area contributed by atoms with Crippen molar-refractivity contribution in [3.8, 4) is 16.9 Å². The lowest BCUT2D eigenvalue weighted by molar-refractivity contribution is -0.126. The number of hydrogen-bond acceptors (Lipinski definition) is 7. The van der Waals surface area contributed by atoms with Crippen molar-refractivity contribution >= 4 is 28.4 Å². The molecule has 14 heteroatoms. The second-order valence-corrected chi connectivity index (χ2v) is 10.8. The molecule has 1 fully saturated rings. The average molecular weight is 614 g/mol. The predicted molar refractivity (Wildman–Crippen MR) is 155 cm³/mol. The maximum absolute atomic E-state index is 15.9. The zero-order chi connectivity index (χ0) is 32.2. The van der Waals surface area contributed by atoms with Crippen LogP contribution in [0.2, 0.25) is 0 Å². The molecule has 9 nitrogen and oxygen atoms in total. The van der Waals surface area contributed by atoms with E-state index < -0.39 is 57.8 Å². The number of amides is 1. The van der Waals surface area contributed by atoms with Crippen LogP contribution in [0.5, 0.6) is 0 Å². The van der Waals surface area contributed by atoms with E-state index in [0.29, 0.717) is 11.3 Å². The Labute approximate surface area is 248 Å². The molecule has 1 aliphatic rings. The minimum atomic E-state index is -2.20. The van der Waals surface area contributed by atoms with Gasteiger partial charge in [0.25, 0.3) is 0 Å². The molecule has 1 saturated heterocycles. The number of hydrogen-bond donors (Lipinski definition) is 1. The van der Waals surface area contributed by atoms with Gasteiger partial charge in [0, 0.05) is 31.9 Å². The SMILES string of the molecule is C=CC(=O)N1CCN(c2nc(=O)n(-c3c(C)ccnc3C(C)C)c3nc(-c4c(N)c(F)c(F)c(F)c4F)c(F)cc23)[C@@H](C)C1. The van der Waals surface area contributed by atoms with Crippen LogP contribution in [0.25, 0.3) is 28.0 Å². The number of aryl methyl sites for hydroxylation is 1. The molecule has 0 bridgehead atoms. The van der Waals surface area contributed by atoms with Crippen molar-refractivity contribution in [2.45, 2.75) is 39.7 Å². The summed E-state index contributed by atoms with van der Waals surface area (Å²) in [7, 11) is 0. The van der Waals surface area contributed by atoms with E-state index in [9.17, 15) is 22.8 Å². The maximum Gasteiger partial charge on any atom is 0.355 e. The van der Waals surface area contributed by atoms with E-state index >= 15 is 8.78 Å². The summed E-state index contributed by atoms with van der Waals surface area (Å²) in [4.78, 5) is 42.3. The minimum absolute atomic E-state index is 0.00110. The summed E-state index contributed by atoms with van der Waals surface area (Å²) in [6.45, 7) is 11.4. The number of rotatable bonds is 5. The molecule has 5 rings (SSSR count). The molecule has 0 aliphatic carbocycles. The molecule has 0 saturated carbocycles. The van der Waals surface area contributed by atoms with Crippen LogP contribution in [0, 0.1) is 36.0 Å². The number of aromatic nitrogens is 4. The predicted octanol–water partition coefficient (Wildman–Crippen LogP) is 4.78. The van der Waals surface area contributed by atoms with Gasteiger partial charge in [0.15, 0.2) is 34.7 Å². The first kappa shape index (κ1) is 30.6. The normalized spacial score (nSPS) is 15.4. The molecule has 0 unspecified atom stereocenters. The van der Waals surface area contributed by atoms with E-state index in [0.717, 1.165) is 10.6 Å². The van der Waals surface area contributed by atoms with Crippen LogP contribution in [0.1, 0.15) is 37.9 Å². The molecular formula is C30H28F5N7O2. The lowest BCUT2D eigenvalue weighted by Gasteiger charge is -2.40. The number of halogens is 5. The zero-order valence-electron chi connectivity index (χ0n) is 24.3. The first-order chi connectivity index (χ1) is 20.8. The van der Waals surface area contributed by atoms with Gasteiger partial charge in [-0.15, -0.1) is 0 Å². The fourth-order valence-electron chi connectivity index (χ4n) is 5.47. The Morgan fingerprint density at radius 1 is 1.09 bits per heavy atom. The van der Waals surface area contributed by atoms with Crippen molar-refractivity contribution in [3.63, 3.8) is 0 Å². The molecule has 3 aromatic heterocycles. The zero-order valence-corrected chi connectivity index (χ0v) is 24.3. The highest BCUT2D eigenvalue weighted by molar-refractivity contribution is 5.92. The maximum atomic E-state index is 15.9. The first-order valence-corrected chi connectivity index (χ1v) is 13.7. The molecule has 44 heavy (non-hydrogen) atoms. The van der Waals surface area contributed by atoms with Crippen molar-refractivity contribution in [2.24, 2.45) is 0 Å². The number of benzene rings is 1. The smallest absolute Gasteiger partial charge is 0.355 e. The van der Waals surface area contributed by atoms with Gasteiger partial charge in [-0.2, -0.15) is 4.98 Å². The summed E-state index contributed by atoms with van der Waals surface area (Å²) < 4.78 is 74.7. The second-order valence-electron chi connectivity index (χ2n) is 10.8. The fraction of sp³-hybridized carbons (Fsp3) is 0.300. The highest BCUT2D eigenvalue weighted by atomic mass is 19.2. The summed E-state index contributed by atoms with van der Waals surface area (Å²) >= 11 is 0. The Kier molecular flexibility index (Phi) is 7.87. The van der Waals surface area contributed by atoms with E-state index in [4.69, 9.17) is 5.73 Å². The van der Waals surface area contributed by atoms with Gasteiger partial charge < -0.3 is 15.5 Å². The monoisotopic (exact) mass is 613 g/mol. The van der Waals surface area contributed by atoms with Crippen LogP contribution in [-0.4, -0.2) is 56.0 Å². The van der Waals surface area contributed by atoms with E-state index in [1.165, 1.54) is 6.08 Å². The third-order valence-corrected chi connectivity index (χ3v) is 7.65. The Hall–Kier alpha value is -4.88. The highest BCUT2D eigenvalue weighted by Crippen LogP contribution is 2.38. The van der Waals surface area contributed by atoms with E-state index in [1.54, 1.807) is 35.9 Å². The number of pyridine rings is 2. The van der Waals surface area contributed by atoms with Crippen molar-refractivity contribution in [1.29, 1.82) is 0 Å². The number of piperazine rings is 1. The second kappa shape index (κ2) is 11.3. The van der Waals surface area contributed by atoms with Gasteiger partial charge in [0.1, 0.15) is 11.5 Å². The molecule has 230 valence electrons. The molecule has 0 radical (unpaired) electrons. The number of anilines is 2. The number of fused-ring (bicyclic) bond motifs is 1. The van der Waals surface area contributed by atoms with Crippen LogP contribution in [-0.2, 0) is 4.79 Å². The van der Waals surface area contributed by atoms with Crippen molar-refractivity contribution < 1.29 is 26.7 Å². The van der Waals surface area contributed by atoms with Crippen molar-refractivity contribution in [2.75, 3.05) is 30.3 Å². The summed E-state index contributed by atoms with van der Waals surface area (Å²) in [5.74, 6) is -9.97. The summed E-state index contributed by atoms with van der Waals surface area (Å²) in [6.07, 6.45) is 2.74. The molecular weight excluding hydrogens is 585 g/mol. The molecule has 1 amide bonds. The third kappa shape index (κ3) is 4.83. The molecule has 2 N–H and O–H groups in total. The molecule has 1 atom stereocenters. The standard InChI is InChI=1S/C30H28F5N7O2/c1-6-18(43)40-9-10-41(15(5)12-40)28-16-11-17(31)26(19-20(32)21(33)22(34)23(35)24(19)36)38-29(16)42(30(44)39-28)27-14(4)7-8-37-25(27)13(2)3/h6-8,11,13,15H,1,9-10,12,36H2,2-5H3/t15-/m0/s1. The topological polar surface area (TPSA) is 110 Å². The summed E-state index contributed by atoms with van der Waals surface area (Å²) in [6, 6.07) is 2.14.